The van der Waals surface area contributed by atoms with Gasteiger partial charge in [-0.25, -0.2) is 0 Å². The summed E-state index contributed by atoms with van der Waals surface area (Å²) in [6.07, 6.45) is 5.31. The van der Waals surface area contributed by atoms with Gasteiger partial charge in [-0.1, -0.05) is 49.2 Å². The number of carbonyl (C=O) groups is 1. The minimum atomic E-state index is -0.0151. The van der Waals surface area contributed by atoms with E-state index in [1.54, 1.807) is 0 Å². The molecule has 2 aliphatic heterocycles. The summed E-state index contributed by atoms with van der Waals surface area (Å²) in [6, 6.07) is 16.6. The van der Waals surface area contributed by atoms with Crippen molar-refractivity contribution in [3.05, 3.63) is 70.8 Å². The monoisotopic (exact) mass is 421 g/mol. The molecule has 0 spiro atoms. The molecule has 2 heterocycles. The molecule has 2 saturated heterocycles. The molecule has 2 aromatic rings. The zero-order chi connectivity index (χ0) is 21.3. The molecule has 2 aromatic carbocycles. The van der Waals surface area contributed by atoms with Crippen LogP contribution in [0, 0.1) is 0 Å². The Balaban J connectivity index is 1.23. The van der Waals surface area contributed by atoms with Crippen molar-refractivity contribution >= 4 is 5.91 Å². The smallest absolute Gasteiger partial charge is 0.251 e. The summed E-state index contributed by atoms with van der Waals surface area (Å²) in [4.78, 5) is 17.5. The molecule has 0 atom stereocenters. The van der Waals surface area contributed by atoms with Crippen LogP contribution in [0.2, 0.25) is 0 Å². The topological polar surface area (TPSA) is 44.8 Å². The molecule has 1 N–H and O–H groups in total. The maximum Gasteiger partial charge on any atom is 0.251 e. The Hall–Kier alpha value is -2.21. The van der Waals surface area contributed by atoms with Crippen LogP contribution in [-0.4, -0.2) is 55.1 Å². The third-order valence-electron chi connectivity index (χ3n) is 6.31. The van der Waals surface area contributed by atoms with Crippen molar-refractivity contribution in [2.24, 2.45) is 0 Å². The highest BCUT2D eigenvalue weighted by atomic mass is 16.5. The van der Waals surface area contributed by atoms with Crippen LogP contribution >= 0.6 is 0 Å². The standard InChI is InChI=1S/C26H35N3O2/c30-26(25-11-9-24(10-12-25)20-28-13-3-1-2-4-14-28)27-19-22-5-7-23(8-6-22)21-29-15-17-31-18-16-29/h5-12H,1-4,13-21H2,(H,27,30). The van der Waals surface area contributed by atoms with E-state index in [0.717, 1.165) is 50.5 Å². The van der Waals surface area contributed by atoms with E-state index >= 15 is 0 Å². The van der Waals surface area contributed by atoms with Crippen molar-refractivity contribution in [2.75, 3.05) is 39.4 Å². The molecule has 166 valence electrons. The van der Waals surface area contributed by atoms with Gasteiger partial charge in [0.1, 0.15) is 0 Å². The number of hydrogen-bond donors (Lipinski definition) is 1. The number of nitrogens with zero attached hydrogens (tertiary/aromatic N) is 2. The summed E-state index contributed by atoms with van der Waals surface area (Å²) in [5.74, 6) is -0.0151. The van der Waals surface area contributed by atoms with Crippen LogP contribution in [0.15, 0.2) is 48.5 Å². The van der Waals surface area contributed by atoms with E-state index in [-0.39, 0.29) is 5.91 Å². The largest absolute Gasteiger partial charge is 0.379 e. The molecule has 4 rings (SSSR count). The van der Waals surface area contributed by atoms with Crippen molar-refractivity contribution in [3.63, 3.8) is 0 Å². The highest BCUT2D eigenvalue weighted by Crippen LogP contribution is 2.14. The number of ether oxygens (including phenoxy) is 1. The van der Waals surface area contributed by atoms with Crippen LogP contribution in [-0.2, 0) is 24.4 Å². The van der Waals surface area contributed by atoms with E-state index in [1.807, 2.05) is 12.1 Å². The SMILES string of the molecule is O=C(NCc1ccc(CN2CCOCC2)cc1)c1ccc(CN2CCCCCC2)cc1. The van der Waals surface area contributed by atoms with Crippen molar-refractivity contribution in [1.29, 1.82) is 0 Å². The zero-order valence-corrected chi connectivity index (χ0v) is 18.5. The van der Waals surface area contributed by atoms with Gasteiger partial charge in [-0.05, 0) is 54.8 Å². The minimum Gasteiger partial charge on any atom is -0.379 e. The highest BCUT2D eigenvalue weighted by molar-refractivity contribution is 5.94. The molecule has 0 aliphatic carbocycles. The molecule has 5 heteroatoms. The van der Waals surface area contributed by atoms with Crippen LogP contribution in [0.3, 0.4) is 0 Å². The van der Waals surface area contributed by atoms with Crippen LogP contribution < -0.4 is 5.32 Å². The van der Waals surface area contributed by atoms with Gasteiger partial charge < -0.3 is 10.1 Å². The fourth-order valence-corrected chi connectivity index (χ4v) is 4.38. The lowest BCUT2D eigenvalue weighted by Crippen LogP contribution is -2.35. The second-order valence-electron chi connectivity index (χ2n) is 8.77. The van der Waals surface area contributed by atoms with Crippen LogP contribution in [0.4, 0.5) is 0 Å². The second kappa shape index (κ2) is 11.4. The van der Waals surface area contributed by atoms with E-state index in [9.17, 15) is 4.79 Å². The fraction of sp³-hybridized carbons (Fsp3) is 0.500. The lowest BCUT2D eigenvalue weighted by atomic mass is 10.1. The predicted octanol–water partition coefficient (Wildman–Crippen LogP) is 3.82. The molecule has 2 fully saturated rings. The number of likely N-dealkylation sites (tertiary alicyclic amines) is 1. The molecule has 1 amide bonds. The number of amides is 1. The molecule has 31 heavy (non-hydrogen) atoms. The molecule has 0 radical (unpaired) electrons. The van der Waals surface area contributed by atoms with Crippen molar-refractivity contribution in [3.8, 4) is 0 Å². The Kier molecular flexibility index (Phi) is 8.11. The summed E-state index contributed by atoms with van der Waals surface area (Å²) in [5, 5.41) is 3.05. The van der Waals surface area contributed by atoms with E-state index in [1.165, 1.54) is 49.9 Å². The van der Waals surface area contributed by atoms with Gasteiger partial charge in [-0.3, -0.25) is 14.6 Å². The van der Waals surface area contributed by atoms with Gasteiger partial charge in [-0.15, -0.1) is 0 Å². The Labute approximate surface area is 186 Å². The van der Waals surface area contributed by atoms with E-state index in [0.29, 0.717) is 6.54 Å². The third-order valence-corrected chi connectivity index (χ3v) is 6.31. The highest BCUT2D eigenvalue weighted by Gasteiger charge is 2.12. The third kappa shape index (κ3) is 6.89. The molecular formula is C26H35N3O2. The first-order valence-electron chi connectivity index (χ1n) is 11.7. The van der Waals surface area contributed by atoms with Gasteiger partial charge in [0, 0.05) is 38.3 Å². The van der Waals surface area contributed by atoms with Gasteiger partial charge in [0.25, 0.3) is 5.91 Å². The van der Waals surface area contributed by atoms with Crippen LogP contribution in [0.5, 0.6) is 0 Å². The number of benzene rings is 2. The first-order chi connectivity index (χ1) is 15.3. The van der Waals surface area contributed by atoms with Gasteiger partial charge in [0.15, 0.2) is 0 Å². The number of morpholine rings is 1. The van der Waals surface area contributed by atoms with Crippen molar-refractivity contribution in [2.45, 2.75) is 45.3 Å². The molecular weight excluding hydrogens is 386 g/mol. The predicted molar refractivity (Wildman–Crippen MR) is 124 cm³/mol. The lowest BCUT2D eigenvalue weighted by molar-refractivity contribution is 0.0342. The average Bonchev–Trinajstić information content (AvgIpc) is 3.08. The van der Waals surface area contributed by atoms with Gasteiger partial charge in [-0.2, -0.15) is 0 Å². The second-order valence-corrected chi connectivity index (χ2v) is 8.77. The summed E-state index contributed by atoms with van der Waals surface area (Å²) in [5.41, 5.74) is 4.44. The quantitative estimate of drug-likeness (QED) is 0.738. The van der Waals surface area contributed by atoms with Gasteiger partial charge in [0.2, 0.25) is 0 Å². The molecule has 5 nitrogen and oxygen atoms in total. The number of rotatable bonds is 7. The Bertz CT molecular complexity index is 806. The first-order valence-corrected chi connectivity index (χ1v) is 11.7. The first kappa shape index (κ1) is 22.0. The van der Waals surface area contributed by atoms with Gasteiger partial charge in [0.05, 0.1) is 13.2 Å². The zero-order valence-electron chi connectivity index (χ0n) is 18.5. The molecule has 0 bridgehead atoms. The summed E-state index contributed by atoms with van der Waals surface area (Å²) < 4.78 is 5.41. The molecule has 0 aromatic heterocycles. The normalized spacial score (nSPS) is 18.5. The van der Waals surface area contributed by atoms with Crippen LogP contribution in [0.25, 0.3) is 0 Å². The maximum absolute atomic E-state index is 12.6. The Morgan fingerprint density at radius 1 is 0.710 bits per heavy atom. The maximum atomic E-state index is 12.6. The van der Waals surface area contributed by atoms with Crippen molar-refractivity contribution in [1.82, 2.24) is 15.1 Å². The summed E-state index contributed by atoms with van der Waals surface area (Å²) >= 11 is 0. The molecule has 2 aliphatic rings. The lowest BCUT2D eigenvalue weighted by Gasteiger charge is -2.26. The fourth-order valence-electron chi connectivity index (χ4n) is 4.38. The van der Waals surface area contributed by atoms with E-state index < -0.39 is 0 Å². The molecule has 0 unspecified atom stereocenters. The Morgan fingerprint density at radius 2 is 1.23 bits per heavy atom. The molecule has 0 saturated carbocycles. The average molecular weight is 422 g/mol. The van der Waals surface area contributed by atoms with Crippen molar-refractivity contribution < 1.29 is 9.53 Å². The van der Waals surface area contributed by atoms with E-state index in [2.05, 4.69) is 51.5 Å². The van der Waals surface area contributed by atoms with E-state index in [4.69, 9.17) is 4.74 Å². The van der Waals surface area contributed by atoms with Crippen LogP contribution in [0.1, 0.15) is 52.7 Å². The Morgan fingerprint density at radius 3 is 1.84 bits per heavy atom. The minimum absolute atomic E-state index is 0.0151. The van der Waals surface area contributed by atoms with Gasteiger partial charge >= 0.3 is 0 Å². The number of carbonyl (C=O) groups excluding carboxylic acids is 1. The summed E-state index contributed by atoms with van der Waals surface area (Å²) in [7, 11) is 0. The summed E-state index contributed by atoms with van der Waals surface area (Å²) in [6.45, 7) is 8.50. The number of hydrogen-bond acceptors (Lipinski definition) is 4. The number of nitrogens with one attached hydrogen (secondary N) is 1.